The molecule has 188 valence electrons. The molecule has 4 amide bonds. The van der Waals surface area contributed by atoms with Crippen LogP contribution in [0.4, 0.5) is 32.5 Å². The van der Waals surface area contributed by atoms with Crippen molar-refractivity contribution in [3.05, 3.63) is 66.1 Å². The summed E-state index contributed by atoms with van der Waals surface area (Å²) >= 11 is 0. The summed E-state index contributed by atoms with van der Waals surface area (Å²) in [5, 5.41) is 16.6. The number of carbonyl (C=O) groups is 2. The van der Waals surface area contributed by atoms with Crippen molar-refractivity contribution in [3.8, 4) is 0 Å². The molecule has 0 spiro atoms. The molecule has 0 aliphatic carbocycles. The van der Waals surface area contributed by atoms with Crippen LogP contribution < -0.4 is 25.8 Å². The first-order valence-corrected chi connectivity index (χ1v) is 12.3. The van der Waals surface area contributed by atoms with E-state index in [4.69, 9.17) is 0 Å². The number of aryl methyl sites for hydroxylation is 1. The lowest BCUT2D eigenvalue weighted by molar-refractivity contribution is 0.251. The van der Waals surface area contributed by atoms with Crippen LogP contribution in [0.2, 0.25) is 0 Å². The third-order valence-corrected chi connectivity index (χ3v) is 6.97. The van der Waals surface area contributed by atoms with Crippen LogP contribution in [0.5, 0.6) is 0 Å². The van der Waals surface area contributed by atoms with Gasteiger partial charge in [0.15, 0.2) is 5.65 Å². The van der Waals surface area contributed by atoms with E-state index in [-0.39, 0.29) is 18.0 Å². The van der Waals surface area contributed by atoms with E-state index < -0.39 is 0 Å². The molecule has 2 aliphatic rings. The summed E-state index contributed by atoms with van der Waals surface area (Å²) < 4.78 is 0. The van der Waals surface area contributed by atoms with Crippen LogP contribution in [0.25, 0.3) is 11.0 Å². The average molecular weight is 498 g/mol. The number of anilines is 4. The Morgan fingerprint density at radius 3 is 2.92 bits per heavy atom. The normalized spacial score (nSPS) is 16.7. The topological polar surface area (TPSA) is 131 Å². The molecule has 1 unspecified atom stereocenters. The molecular formula is C26H27N9O2. The quantitative estimate of drug-likeness (QED) is 0.322. The van der Waals surface area contributed by atoms with Gasteiger partial charge in [-0.1, -0.05) is 24.3 Å². The van der Waals surface area contributed by atoms with Gasteiger partial charge in [0.1, 0.15) is 12.1 Å². The van der Waals surface area contributed by atoms with E-state index in [1.807, 2.05) is 37.3 Å². The van der Waals surface area contributed by atoms with E-state index in [0.29, 0.717) is 31.0 Å². The number of benzene rings is 2. The number of carbonyl (C=O) groups excluding carboxylic acids is 2. The maximum Gasteiger partial charge on any atom is 0.321 e. The zero-order valence-corrected chi connectivity index (χ0v) is 20.4. The van der Waals surface area contributed by atoms with E-state index in [1.165, 1.54) is 5.56 Å². The minimum Gasteiger partial charge on any atom is -0.338 e. The highest BCUT2D eigenvalue weighted by Crippen LogP contribution is 2.42. The second-order valence-electron chi connectivity index (χ2n) is 9.25. The van der Waals surface area contributed by atoms with Crippen LogP contribution >= 0.6 is 0 Å². The molecule has 6 rings (SSSR count). The van der Waals surface area contributed by atoms with E-state index in [0.717, 1.165) is 41.1 Å². The summed E-state index contributed by atoms with van der Waals surface area (Å²) in [6.07, 6.45) is 4.07. The standard InChI is InChI=1S/C26H27N9O2/c1-16-6-7-18(34-11-10-28-26(34)37)12-21(16)32-25(36)27-9-8-17-14-35(22-5-3-2-4-19(17)22)24-20-13-31-33-23(20)29-15-30-24/h2-7,12-13,15,17H,8-11,14H2,1H3,(H,28,37)(H2,27,32,36)(H,29,30,31,33). The van der Waals surface area contributed by atoms with Gasteiger partial charge in [-0.05, 0) is 42.7 Å². The highest BCUT2D eigenvalue weighted by Gasteiger charge is 2.31. The molecule has 1 fully saturated rings. The Balaban J connectivity index is 1.11. The lowest BCUT2D eigenvalue weighted by atomic mass is 9.98. The molecule has 0 radical (unpaired) electrons. The molecule has 0 saturated carbocycles. The van der Waals surface area contributed by atoms with Crippen molar-refractivity contribution in [2.24, 2.45) is 0 Å². The lowest BCUT2D eigenvalue weighted by Gasteiger charge is -2.19. The average Bonchev–Trinajstić information content (AvgIpc) is 3.64. The molecule has 4 heterocycles. The highest BCUT2D eigenvalue weighted by atomic mass is 16.2. The third-order valence-electron chi connectivity index (χ3n) is 6.97. The number of fused-ring (bicyclic) bond motifs is 2. The molecule has 2 aromatic carbocycles. The van der Waals surface area contributed by atoms with Gasteiger partial charge < -0.3 is 20.9 Å². The predicted octanol–water partition coefficient (Wildman–Crippen LogP) is 3.64. The molecule has 4 N–H and O–H groups in total. The van der Waals surface area contributed by atoms with Crippen molar-refractivity contribution >= 4 is 46.0 Å². The number of hydrogen-bond acceptors (Lipinski definition) is 6. The minimum atomic E-state index is -0.273. The van der Waals surface area contributed by atoms with Gasteiger partial charge >= 0.3 is 12.1 Å². The van der Waals surface area contributed by atoms with Crippen LogP contribution in [0.15, 0.2) is 55.0 Å². The van der Waals surface area contributed by atoms with Gasteiger partial charge in [0.05, 0.1) is 11.6 Å². The Hall–Kier alpha value is -4.67. The van der Waals surface area contributed by atoms with Crippen LogP contribution in [0.3, 0.4) is 0 Å². The second-order valence-corrected chi connectivity index (χ2v) is 9.25. The summed E-state index contributed by atoms with van der Waals surface area (Å²) in [4.78, 5) is 37.4. The van der Waals surface area contributed by atoms with Gasteiger partial charge in [-0.25, -0.2) is 19.6 Å². The number of nitrogens with one attached hydrogen (secondary N) is 4. The predicted molar refractivity (Wildman–Crippen MR) is 141 cm³/mol. The van der Waals surface area contributed by atoms with Crippen LogP contribution in [0, 0.1) is 6.92 Å². The Morgan fingerprint density at radius 1 is 1.16 bits per heavy atom. The molecular weight excluding hydrogens is 470 g/mol. The Morgan fingerprint density at radius 2 is 2.05 bits per heavy atom. The fourth-order valence-electron chi connectivity index (χ4n) is 5.07. The summed E-state index contributed by atoms with van der Waals surface area (Å²) in [6.45, 7) is 4.41. The lowest BCUT2D eigenvalue weighted by Crippen LogP contribution is -2.31. The fourth-order valence-corrected chi connectivity index (χ4v) is 5.07. The SMILES string of the molecule is Cc1ccc(N2CCNC2=O)cc1NC(=O)NCCC1CN(c2ncnc3[nH]ncc23)c2ccccc21. The number of H-pyrrole nitrogens is 1. The highest BCUT2D eigenvalue weighted by molar-refractivity contribution is 5.96. The molecule has 2 aliphatic heterocycles. The Labute approximate surface area is 213 Å². The molecule has 1 atom stereocenters. The Bertz CT molecular complexity index is 1480. The van der Waals surface area contributed by atoms with Gasteiger partial charge in [-0.3, -0.25) is 10.00 Å². The summed E-state index contributed by atoms with van der Waals surface area (Å²) in [6, 6.07) is 13.5. The maximum atomic E-state index is 12.7. The van der Waals surface area contributed by atoms with E-state index in [1.54, 1.807) is 17.4 Å². The van der Waals surface area contributed by atoms with E-state index in [2.05, 4.69) is 53.1 Å². The van der Waals surface area contributed by atoms with Crippen LogP contribution in [0.1, 0.15) is 23.5 Å². The van der Waals surface area contributed by atoms with Crippen molar-refractivity contribution in [2.75, 3.05) is 41.3 Å². The van der Waals surface area contributed by atoms with Crippen molar-refractivity contribution in [1.29, 1.82) is 0 Å². The Kier molecular flexibility index (Phi) is 5.79. The number of para-hydroxylation sites is 1. The van der Waals surface area contributed by atoms with Crippen molar-refractivity contribution < 1.29 is 9.59 Å². The molecule has 37 heavy (non-hydrogen) atoms. The van der Waals surface area contributed by atoms with Crippen LogP contribution in [-0.2, 0) is 0 Å². The number of aromatic amines is 1. The summed E-state index contributed by atoms with van der Waals surface area (Å²) in [5.74, 6) is 1.05. The van der Waals surface area contributed by atoms with E-state index >= 15 is 0 Å². The number of aromatic nitrogens is 4. The van der Waals surface area contributed by atoms with Gasteiger partial charge in [0.2, 0.25) is 0 Å². The third kappa shape index (κ3) is 4.28. The summed E-state index contributed by atoms with van der Waals surface area (Å²) in [7, 11) is 0. The van der Waals surface area contributed by atoms with Gasteiger partial charge in [0, 0.05) is 49.2 Å². The minimum absolute atomic E-state index is 0.124. The first kappa shape index (κ1) is 22.8. The molecule has 4 aromatic rings. The zero-order chi connectivity index (χ0) is 25.4. The van der Waals surface area contributed by atoms with Crippen molar-refractivity contribution in [3.63, 3.8) is 0 Å². The number of nitrogens with zero attached hydrogens (tertiary/aromatic N) is 5. The number of urea groups is 2. The first-order chi connectivity index (χ1) is 18.1. The van der Waals surface area contributed by atoms with Crippen LogP contribution in [-0.4, -0.2) is 58.4 Å². The largest absolute Gasteiger partial charge is 0.338 e. The molecule has 11 heteroatoms. The fraction of sp³-hybridized carbons (Fsp3) is 0.269. The van der Waals surface area contributed by atoms with Gasteiger partial charge in [-0.15, -0.1) is 0 Å². The number of hydrogen-bond donors (Lipinski definition) is 4. The van der Waals surface area contributed by atoms with Gasteiger partial charge in [-0.2, -0.15) is 5.10 Å². The monoisotopic (exact) mass is 497 g/mol. The molecule has 0 bridgehead atoms. The summed E-state index contributed by atoms with van der Waals surface area (Å²) in [5.41, 5.74) is 5.40. The first-order valence-electron chi connectivity index (χ1n) is 12.3. The number of amides is 4. The van der Waals surface area contributed by atoms with E-state index in [9.17, 15) is 9.59 Å². The molecule has 1 saturated heterocycles. The number of rotatable bonds is 6. The van der Waals surface area contributed by atoms with Gasteiger partial charge in [0.25, 0.3) is 0 Å². The molecule has 2 aromatic heterocycles. The maximum absolute atomic E-state index is 12.7. The second kappa shape index (κ2) is 9.41. The van der Waals surface area contributed by atoms with Crippen molar-refractivity contribution in [1.82, 2.24) is 30.8 Å². The smallest absolute Gasteiger partial charge is 0.321 e. The zero-order valence-electron chi connectivity index (χ0n) is 20.4. The molecule has 11 nitrogen and oxygen atoms in total. The van der Waals surface area contributed by atoms with Crippen molar-refractivity contribution in [2.45, 2.75) is 19.3 Å².